The third kappa shape index (κ3) is 65.4. The zero-order valence-electron chi connectivity index (χ0n) is 4.08. The standard InChI is InChI=1S/C3H10Si.H2Se/c1-4(2)3;/h4H,1-3H3;1H2. The molecule has 0 aliphatic rings. The Morgan fingerprint density at radius 3 is 1.00 bits per heavy atom. The quantitative estimate of drug-likeness (QED) is 0.438. The van der Waals surface area contributed by atoms with Crippen LogP contribution in [0.15, 0.2) is 0 Å². The van der Waals surface area contributed by atoms with E-state index in [-0.39, 0.29) is 25.9 Å². The van der Waals surface area contributed by atoms with E-state index in [0.29, 0.717) is 0 Å². The molecule has 5 heavy (non-hydrogen) atoms. The Balaban J connectivity index is 0. The Bertz CT molecular complexity index is 11.6. The van der Waals surface area contributed by atoms with Gasteiger partial charge in [-0.2, -0.15) is 0 Å². The van der Waals surface area contributed by atoms with Crippen LogP contribution in [0.1, 0.15) is 0 Å². The third-order valence-corrected chi connectivity index (χ3v) is 0. The molecule has 34 valence electrons. The van der Waals surface area contributed by atoms with Crippen LogP contribution in [0.3, 0.4) is 0 Å². The van der Waals surface area contributed by atoms with Crippen LogP contribution < -0.4 is 0 Å². The molecule has 0 aromatic carbocycles. The average molecular weight is 155 g/mol. The summed E-state index contributed by atoms with van der Waals surface area (Å²) in [5.41, 5.74) is 0. The van der Waals surface area contributed by atoms with Crippen LogP contribution >= 0.6 is 0 Å². The Morgan fingerprint density at radius 2 is 1.00 bits per heavy atom. The third-order valence-electron chi connectivity index (χ3n) is 0. The molecule has 0 radical (unpaired) electrons. The van der Waals surface area contributed by atoms with Crippen molar-refractivity contribution in [2.45, 2.75) is 19.6 Å². The van der Waals surface area contributed by atoms with Gasteiger partial charge >= 0.3 is 17.1 Å². The fourth-order valence-electron chi connectivity index (χ4n) is 0. The summed E-state index contributed by atoms with van der Waals surface area (Å²) in [4.78, 5) is 0. The van der Waals surface area contributed by atoms with Gasteiger partial charge in [-0.25, -0.2) is 0 Å². The van der Waals surface area contributed by atoms with E-state index in [0.717, 1.165) is 0 Å². The van der Waals surface area contributed by atoms with Crippen LogP contribution in [-0.2, 0) is 0 Å². The first-order chi connectivity index (χ1) is 1.73. The van der Waals surface area contributed by atoms with Crippen LogP contribution in [0.25, 0.3) is 0 Å². The Labute approximate surface area is 46.0 Å². The number of hydrogen-bond donors (Lipinski definition) is 0. The molecular weight excluding hydrogens is 143 g/mol. The molecule has 0 amide bonds. The van der Waals surface area contributed by atoms with Crippen molar-refractivity contribution in [3.63, 3.8) is 0 Å². The molecule has 0 fully saturated rings. The summed E-state index contributed by atoms with van der Waals surface area (Å²) in [6.07, 6.45) is 0. The Hall–Kier alpha value is 0.736. The van der Waals surface area contributed by atoms with Gasteiger partial charge in [0.25, 0.3) is 0 Å². The summed E-state index contributed by atoms with van der Waals surface area (Å²) in [7, 11) is -0.139. The second-order valence-electron chi connectivity index (χ2n) is 1.73. The van der Waals surface area contributed by atoms with Crippen LogP contribution in [0.2, 0.25) is 19.6 Å². The molecule has 0 N–H and O–H groups in total. The summed E-state index contributed by atoms with van der Waals surface area (Å²) in [6.45, 7) is 6.92. The van der Waals surface area contributed by atoms with Crippen LogP contribution in [0.4, 0.5) is 0 Å². The second-order valence-corrected chi connectivity index (χ2v) is 5.20. The molecule has 0 aromatic rings. The van der Waals surface area contributed by atoms with Gasteiger partial charge in [0.15, 0.2) is 0 Å². The zero-order chi connectivity index (χ0) is 3.58. The number of hydrogen-bond acceptors (Lipinski definition) is 0. The molecule has 0 saturated heterocycles. The van der Waals surface area contributed by atoms with Gasteiger partial charge in [-0.05, 0) is 0 Å². The van der Waals surface area contributed by atoms with Crippen molar-refractivity contribution in [1.82, 2.24) is 0 Å². The monoisotopic (exact) mass is 156 g/mol. The minimum atomic E-state index is -0.139. The number of rotatable bonds is 0. The topological polar surface area (TPSA) is 0 Å². The van der Waals surface area contributed by atoms with E-state index in [2.05, 4.69) is 19.6 Å². The van der Waals surface area contributed by atoms with Crippen molar-refractivity contribution in [3.05, 3.63) is 0 Å². The SMILES string of the molecule is C[SiH](C)C.[SeH2]. The van der Waals surface area contributed by atoms with Gasteiger partial charge in [-0.15, -0.1) is 0 Å². The molecule has 0 aromatic heterocycles. The maximum atomic E-state index is 2.31. The first kappa shape index (κ1) is 9.22. The van der Waals surface area contributed by atoms with Crippen molar-refractivity contribution in [1.29, 1.82) is 0 Å². The first-order valence-corrected chi connectivity index (χ1v) is 5.20. The van der Waals surface area contributed by atoms with E-state index >= 15 is 0 Å². The Kier molecular flexibility index (Phi) is 8.73. The van der Waals surface area contributed by atoms with Crippen molar-refractivity contribution < 1.29 is 0 Å². The summed E-state index contributed by atoms with van der Waals surface area (Å²) in [5.74, 6) is 0. The predicted molar refractivity (Wildman–Crippen MR) is 33.3 cm³/mol. The fourth-order valence-corrected chi connectivity index (χ4v) is 0. The molecule has 0 rings (SSSR count). The van der Waals surface area contributed by atoms with Crippen molar-refractivity contribution in [2.75, 3.05) is 0 Å². The van der Waals surface area contributed by atoms with Crippen LogP contribution in [-0.4, -0.2) is 25.9 Å². The van der Waals surface area contributed by atoms with Crippen LogP contribution in [0.5, 0.6) is 0 Å². The van der Waals surface area contributed by atoms with E-state index in [4.69, 9.17) is 0 Å². The minimum absolute atomic E-state index is 0. The van der Waals surface area contributed by atoms with E-state index in [1.54, 1.807) is 0 Å². The second kappa shape index (κ2) is 4.74. The molecule has 0 saturated carbocycles. The van der Waals surface area contributed by atoms with Crippen molar-refractivity contribution in [3.8, 4) is 0 Å². The molecule has 0 aliphatic heterocycles. The van der Waals surface area contributed by atoms with Crippen LogP contribution in [0, 0.1) is 0 Å². The van der Waals surface area contributed by atoms with E-state index in [9.17, 15) is 0 Å². The summed E-state index contributed by atoms with van der Waals surface area (Å²) in [5, 5.41) is 0. The van der Waals surface area contributed by atoms with Gasteiger partial charge in [0.05, 0.1) is 0 Å². The Morgan fingerprint density at radius 1 is 1.00 bits per heavy atom. The molecule has 2 heteroatoms. The summed E-state index contributed by atoms with van der Waals surface area (Å²) in [6, 6.07) is 0. The van der Waals surface area contributed by atoms with Gasteiger partial charge < -0.3 is 0 Å². The molecule has 0 aliphatic carbocycles. The normalized spacial score (nSPS) is 7.20. The summed E-state index contributed by atoms with van der Waals surface area (Å²) < 4.78 is 0. The van der Waals surface area contributed by atoms with Gasteiger partial charge in [0.1, 0.15) is 0 Å². The summed E-state index contributed by atoms with van der Waals surface area (Å²) >= 11 is 0. The van der Waals surface area contributed by atoms with Gasteiger partial charge in [0, 0.05) is 8.80 Å². The van der Waals surface area contributed by atoms with Gasteiger partial charge in [-0.3, -0.25) is 0 Å². The van der Waals surface area contributed by atoms with Gasteiger partial charge in [0.2, 0.25) is 0 Å². The van der Waals surface area contributed by atoms with E-state index < -0.39 is 0 Å². The average Bonchev–Trinajstić information content (AvgIpc) is 0.811. The van der Waals surface area contributed by atoms with E-state index in [1.165, 1.54) is 0 Å². The van der Waals surface area contributed by atoms with Gasteiger partial charge in [-0.1, -0.05) is 19.6 Å². The first-order valence-electron chi connectivity index (χ1n) is 1.73. The van der Waals surface area contributed by atoms with Crippen molar-refractivity contribution >= 4 is 25.9 Å². The molecule has 0 spiro atoms. The molecule has 0 heterocycles. The van der Waals surface area contributed by atoms with E-state index in [1.807, 2.05) is 0 Å². The molecular formula is C3H12SeSi. The molecule has 0 nitrogen and oxygen atoms in total. The predicted octanol–water partition coefficient (Wildman–Crippen LogP) is 0.187. The maximum absolute atomic E-state index is 2.31. The molecule has 0 bridgehead atoms. The fraction of sp³-hybridized carbons (Fsp3) is 1.00. The van der Waals surface area contributed by atoms with Crippen molar-refractivity contribution in [2.24, 2.45) is 0 Å². The molecule has 0 atom stereocenters. The zero-order valence-corrected chi connectivity index (χ0v) is 7.33. The molecule has 0 unspecified atom stereocenters.